The van der Waals surface area contributed by atoms with Crippen molar-refractivity contribution in [3.63, 3.8) is 0 Å². The highest BCUT2D eigenvalue weighted by Crippen LogP contribution is 2.21. The third-order valence-electron chi connectivity index (χ3n) is 5.26. The molecule has 0 atom stereocenters. The Morgan fingerprint density at radius 2 is 1.86 bits per heavy atom. The summed E-state index contributed by atoms with van der Waals surface area (Å²) in [5, 5.41) is 0. The van der Waals surface area contributed by atoms with Gasteiger partial charge in [-0.2, -0.15) is 0 Å². The Hall–Kier alpha value is -3.02. The average molecular weight is 379 g/mol. The number of carbonyl (C=O) groups is 1. The molecule has 0 spiro atoms. The van der Waals surface area contributed by atoms with E-state index < -0.39 is 0 Å². The number of hydrogen-bond acceptors (Lipinski definition) is 5. The molecule has 2 heterocycles. The minimum absolute atomic E-state index is 0.214. The molecule has 1 amide bonds. The summed E-state index contributed by atoms with van der Waals surface area (Å²) in [7, 11) is 1.67. The number of nitrogens with zero attached hydrogens (tertiary/aromatic N) is 3. The van der Waals surface area contributed by atoms with Gasteiger partial charge in [-0.3, -0.25) is 4.79 Å². The molecule has 1 aliphatic rings. The van der Waals surface area contributed by atoms with E-state index in [0.717, 1.165) is 55.0 Å². The maximum absolute atomic E-state index is 12.6. The molecule has 146 valence electrons. The second-order valence-electron chi connectivity index (χ2n) is 7.10. The van der Waals surface area contributed by atoms with Gasteiger partial charge in [-0.1, -0.05) is 6.07 Å². The highest BCUT2D eigenvalue weighted by atomic mass is 16.5. The molecule has 4 rings (SSSR count). The number of ether oxygens (including phenoxy) is 1. The Balaban J connectivity index is 1.29. The molecule has 3 aromatic rings. The van der Waals surface area contributed by atoms with Gasteiger partial charge < -0.3 is 19.0 Å². The first-order chi connectivity index (χ1) is 13.6. The third-order valence-corrected chi connectivity index (χ3v) is 5.26. The molecular weight excluding hydrogens is 354 g/mol. The lowest BCUT2D eigenvalue weighted by Crippen LogP contribution is -2.48. The number of fused-ring (bicyclic) bond motifs is 1. The van der Waals surface area contributed by atoms with Gasteiger partial charge in [0, 0.05) is 45.2 Å². The van der Waals surface area contributed by atoms with Crippen molar-refractivity contribution in [2.75, 3.05) is 38.2 Å². The van der Waals surface area contributed by atoms with Crippen molar-refractivity contribution in [2.45, 2.75) is 19.8 Å². The summed E-state index contributed by atoms with van der Waals surface area (Å²) in [6.45, 7) is 5.05. The van der Waals surface area contributed by atoms with Crippen molar-refractivity contribution in [1.29, 1.82) is 0 Å². The molecule has 0 aliphatic carbocycles. The molecule has 0 unspecified atom stereocenters. The molecule has 0 N–H and O–H groups in total. The zero-order valence-electron chi connectivity index (χ0n) is 16.4. The quantitative estimate of drug-likeness (QED) is 0.680. The standard InChI is InChI=1S/C22H25N3O3/c1-16-23-20-15-17(3-9-21(20)28-16)4-10-22(26)25-13-11-24(12-14-25)18-5-7-19(27-2)8-6-18/h3,5-9,15H,4,10-14H2,1-2H3. The number of methoxy groups -OCH3 is 1. The lowest BCUT2D eigenvalue weighted by molar-refractivity contribution is -0.131. The van der Waals surface area contributed by atoms with Crippen molar-refractivity contribution in [3.05, 3.63) is 53.9 Å². The largest absolute Gasteiger partial charge is 0.497 e. The lowest BCUT2D eigenvalue weighted by Gasteiger charge is -2.36. The maximum Gasteiger partial charge on any atom is 0.223 e. The van der Waals surface area contributed by atoms with E-state index >= 15 is 0 Å². The maximum atomic E-state index is 12.6. The Bertz CT molecular complexity index is 957. The van der Waals surface area contributed by atoms with E-state index in [9.17, 15) is 4.79 Å². The first-order valence-electron chi connectivity index (χ1n) is 9.65. The number of benzene rings is 2. The lowest BCUT2D eigenvalue weighted by atomic mass is 10.1. The van der Waals surface area contributed by atoms with Gasteiger partial charge in [0.15, 0.2) is 11.5 Å². The van der Waals surface area contributed by atoms with Gasteiger partial charge in [0.1, 0.15) is 11.3 Å². The average Bonchev–Trinajstić information content (AvgIpc) is 3.11. The predicted molar refractivity (Wildman–Crippen MR) is 109 cm³/mol. The van der Waals surface area contributed by atoms with Gasteiger partial charge in [0.05, 0.1) is 7.11 Å². The van der Waals surface area contributed by atoms with Crippen LogP contribution in [0.5, 0.6) is 5.75 Å². The van der Waals surface area contributed by atoms with Crippen LogP contribution in [0.15, 0.2) is 46.9 Å². The van der Waals surface area contributed by atoms with Crippen LogP contribution in [0.25, 0.3) is 11.1 Å². The number of amides is 1. The fourth-order valence-electron chi connectivity index (χ4n) is 3.66. The van der Waals surface area contributed by atoms with Crippen LogP contribution in [0.3, 0.4) is 0 Å². The van der Waals surface area contributed by atoms with Gasteiger partial charge in [0.2, 0.25) is 5.91 Å². The number of aromatic nitrogens is 1. The SMILES string of the molecule is COc1ccc(N2CCN(C(=O)CCc3ccc4oc(C)nc4c3)CC2)cc1. The van der Waals surface area contributed by atoms with E-state index in [0.29, 0.717) is 12.3 Å². The second kappa shape index (κ2) is 7.92. The van der Waals surface area contributed by atoms with Crippen LogP contribution in [0.2, 0.25) is 0 Å². The second-order valence-corrected chi connectivity index (χ2v) is 7.10. The monoisotopic (exact) mass is 379 g/mol. The summed E-state index contributed by atoms with van der Waals surface area (Å²) in [5.41, 5.74) is 3.94. The van der Waals surface area contributed by atoms with E-state index in [1.807, 2.05) is 42.2 Å². The Kier molecular flexibility index (Phi) is 5.19. The number of piperazine rings is 1. The van der Waals surface area contributed by atoms with Gasteiger partial charge >= 0.3 is 0 Å². The van der Waals surface area contributed by atoms with Crippen LogP contribution in [-0.4, -0.2) is 49.1 Å². The summed E-state index contributed by atoms with van der Waals surface area (Å²) in [4.78, 5) is 21.3. The molecule has 1 saturated heterocycles. The molecular formula is C22H25N3O3. The molecule has 2 aromatic carbocycles. The van der Waals surface area contributed by atoms with Crippen LogP contribution in [0.1, 0.15) is 17.9 Å². The minimum Gasteiger partial charge on any atom is -0.497 e. The van der Waals surface area contributed by atoms with Crippen LogP contribution in [0, 0.1) is 6.92 Å². The predicted octanol–water partition coefficient (Wildman–Crippen LogP) is 3.43. The summed E-state index contributed by atoms with van der Waals surface area (Å²) < 4.78 is 10.7. The normalized spacial score (nSPS) is 14.5. The summed E-state index contributed by atoms with van der Waals surface area (Å²) in [6, 6.07) is 14.0. The van der Waals surface area contributed by atoms with E-state index in [-0.39, 0.29) is 5.91 Å². The molecule has 1 aliphatic heterocycles. The number of oxazole rings is 1. The molecule has 0 bridgehead atoms. The molecule has 1 aromatic heterocycles. The highest BCUT2D eigenvalue weighted by Gasteiger charge is 2.21. The third kappa shape index (κ3) is 3.96. The van der Waals surface area contributed by atoms with Gasteiger partial charge in [0.25, 0.3) is 0 Å². The molecule has 1 fully saturated rings. The first kappa shape index (κ1) is 18.3. The smallest absolute Gasteiger partial charge is 0.223 e. The van der Waals surface area contributed by atoms with Crippen LogP contribution in [0.4, 0.5) is 5.69 Å². The molecule has 28 heavy (non-hydrogen) atoms. The van der Waals surface area contributed by atoms with Crippen molar-refractivity contribution in [1.82, 2.24) is 9.88 Å². The van der Waals surface area contributed by atoms with Gasteiger partial charge in [-0.05, 0) is 48.4 Å². The number of anilines is 1. The van der Waals surface area contributed by atoms with Gasteiger partial charge in [-0.15, -0.1) is 0 Å². The fourth-order valence-corrected chi connectivity index (χ4v) is 3.66. The summed E-state index contributed by atoms with van der Waals surface area (Å²) >= 11 is 0. The van der Waals surface area contributed by atoms with Crippen LogP contribution < -0.4 is 9.64 Å². The number of rotatable bonds is 5. The van der Waals surface area contributed by atoms with Crippen molar-refractivity contribution >= 4 is 22.7 Å². The van der Waals surface area contributed by atoms with Crippen LogP contribution >= 0.6 is 0 Å². The fraction of sp³-hybridized carbons (Fsp3) is 0.364. The first-order valence-corrected chi connectivity index (χ1v) is 9.65. The van der Waals surface area contributed by atoms with E-state index in [1.54, 1.807) is 7.11 Å². The Labute approximate surface area is 164 Å². The van der Waals surface area contributed by atoms with Crippen molar-refractivity contribution in [3.8, 4) is 5.75 Å². The molecule has 0 saturated carbocycles. The van der Waals surface area contributed by atoms with Crippen molar-refractivity contribution in [2.24, 2.45) is 0 Å². The molecule has 6 heteroatoms. The molecule has 6 nitrogen and oxygen atoms in total. The minimum atomic E-state index is 0.214. The number of aryl methyl sites for hydroxylation is 2. The van der Waals surface area contributed by atoms with Crippen LogP contribution in [-0.2, 0) is 11.2 Å². The molecule has 0 radical (unpaired) electrons. The Morgan fingerprint density at radius 1 is 1.11 bits per heavy atom. The summed E-state index contributed by atoms with van der Waals surface area (Å²) in [5.74, 6) is 1.74. The Morgan fingerprint density at radius 3 is 2.57 bits per heavy atom. The van der Waals surface area contributed by atoms with E-state index in [1.165, 1.54) is 5.69 Å². The number of hydrogen-bond donors (Lipinski definition) is 0. The zero-order chi connectivity index (χ0) is 19.5. The zero-order valence-corrected chi connectivity index (χ0v) is 16.4. The number of carbonyl (C=O) groups excluding carboxylic acids is 1. The van der Waals surface area contributed by atoms with Gasteiger partial charge in [-0.25, -0.2) is 4.98 Å². The topological polar surface area (TPSA) is 58.8 Å². The van der Waals surface area contributed by atoms with E-state index in [2.05, 4.69) is 22.0 Å². The van der Waals surface area contributed by atoms with E-state index in [4.69, 9.17) is 9.15 Å². The van der Waals surface area contributed by atoms with Crippen molar-refractivity contribution < 1.29 is 13.9 Å². The summed E-state index contributed by atoms with van der Waals surface area (Å²) in [6.07, 6.45) is 1.24. The highest BCUT2D eigenvalue weighted by molar-refractivity contribution is 5.77.